The van der Waals surface area contributed by atoms with Crippen LogP contribution in [-0.4, -0.2) is 7.28 Å². The number of hydrogen-bond acceptors (Lipinski definition) is 2. The molecule has 3 aliphatic heterocycles. The molecule has 0 atom stereocenters. The first kappa shape index (κ1) is 37.4. The van der Waals surface area contributed by atoms with Crippen LogP contribution in [0.2, 0.25) is 0 Å². The second-order valence-corrected chi connectivity index (χ2v) is 17.6. The Labute approximate surface area is 381 Å². The van der Waals surface area contributed by atoms with Crippen molar-refractivity contribution in [3.05, 3.63) is 293 Å². The molecule has 2 nitrogen and oxygen atoms in total. The molecular weight excluding hydrogens is 784 g/mol. The second kappa shape index (κ2) is 14.7. The van der Waals surface area contributed by atoms with Gasteiger partial charge in [0.15, 0.2) is 7.28 Å². The minimum absolute atomic E-state index is 0.535. The van der Waals surface area contributed by atoms with Crippen LogP contribution in [0.15, 0.2) is 249 Å². The van der Waals surface area contributed by atoms with E-state index in [1.165, 1.54) is 94.7 Å². The Balaban J connectivity index is 1.12. The van der Waals surface area contributed by atoms with Crippen molar-refractivity contribution in [3.8, 4) is 22.3 Å². The van der Waals surface area contributed by atoms with Gasteiger partial charge in [-0.15, -0.1) is 0 Å². The van der Waals surface area contributed by atoms with Gasteiger partial charge in [0.1, 0.15) is 0 Å². The van der Waals surface area contributed by atoms with Crippen LogP contribution in [0.1, 0.15) is 44.5 Å². The Bertz CT molecular complexity index is 3340. The van der Waals surface area contributed by atoms with Gasteiger partial charge in [-0.2, -0.15) is 0 Å². The first-order valence-electron chi connectivity index (χ1n) is 22.7. The lowest BCUT2D eigenvalue weighted by molar-refractivity contribution is 0.732. The van der Waals surface area contributed by atoms with Crippen molar-refractivity contribution in [3.63, 3.8) is 0 Å². The fourth-order valence-electron chi connectivity index (χ4n) is 11.8. The van der Waals surface area contributed by atoms with Gasteiger partial charge in [0, 0.05) is 22.6 Å². The molecule has 3 heteroatoms. The predicted octanol–water partition coefficient (Wildman–Crippen LogP) is 13.3. The number of nitrogens with one attached hydrogen (secondary N) is 1. The number of hydrogen-bond donors (Lipinski definition) is 1. The standard InChI is InChI=1S/C62H43BN2/c1-6-22-42(23-7-1)43-40-49(48-32-20-35-52-59(48)64-55-38-18-16-33-50(55)61(52,44-24-8-2-9-25-44)45-26-10-3-11-27-45)58-57(41-43)65-56-39-19-17-34-51(56)62(46-28-12-4-13-29-46,47-30-14-5-15-31-47)53-36-21-37-54(63-58)60(53)65/h1-41,63-64H. The maximum Gasteiger partial charge on any atom is 0.198 e. The van der Waals surface area contributed by atoms with Gasteiger partial charge in [0.2, 0.25) is 0 Å². The van der Waals surface area contributed by atoms with E-state index in [-0.39, 0.29) is 0 Å². The number of anilines is 5. The van der Waals surface area contributed by atoms with E-state index in [1.807, 2.05) is 0 Å². The molecule has 1 N–H and O–H groups in total. The molecule has 10 aromatic rings. The quantitative estimate of drug-likeness (QED) is 0.168. The summed E-state index contributed by atoms with van der Waals surface area (Å²) in [6, 6.07) is 92.4. The Kier molecular flexibility index (Phi) is 8.48. The number of benzene rings is 10. The summed E-state index contributed by atoms with van der Waals surface area (Å²) in [5, 5.41) is 4.08. The molecule has 13 rings (SSSR count). The SMILES string of the molecule is B1c2cccc3c2N(c2ccccc2C3(c2ccccc2)c2ccccc2)c2cc(-c3ccccc3)cc(-c3cccc4c3Nc3ccccc3C4(c3ccccc3)c3ccccc3)c21. The first-order valence-corrected chi connectivity index (χ1v) is 22.7. The smallest absolute Gasteiger partial charge is 0.198 e. The summed E-state index contributed by atoms with van der Waals surface area (Å²) in [4.78, 5) is 2.61. The van der Waals surface area contributed by atoms with Crippen molar-refractivity contribution < 1.29 is 0 Å². The number of rotatable bonds is 6. The van der Waals surface area contributed by atoms with Crippen molar-refractivity contribution >= 4 is 46.6 Å². The third-order valence-corrected chi connectivity index (χ3v) is 14.4. The van der Waals surface area contributed by atoms with Crippen molar-refractivity contribution in [2.45, 2.75) is 10.8 Å². The molecule has 0 fully saturated rings. The van der Waals surface area contributed by atoms with Crippen molar-refractivity contribution in [1.29, 1.82) is 0 Å². The van der Waals surface area contributed by atoms with Gasteiger partial charge in [0.05, 0.1) is 22.2 Å². The highest BCUT2D eigenvalue weighted by molar-refractivity contribution is 6.73. The summed E-state index contributed by atoms with van der Waals surface area (Å²) in [6.45, 7) is 0. The third-order valence-electron chi connectivity index (χ3n) is 14.4. The van der Waals surface area contributed by atoms with Crippen LogP contribution in [-0.2, 0) is 10.8 Å². The number of fused-ring (bicyclic) bond motifs is 6. The summed E-state index contributed by atoms with van der Waals surface area (Å²) in [7, 11) is 0.782. The molecule has 0 spiro atoms. The molecule has 3 aliphatic rings. The Morgan fingerprint density at radius 2 is 0.846 bits per heavy atom. The lowest BCUT2D eigenvalue weighted by atomic mass is 9.54. The van der Waals surface area contributed by atoms with Gasteiger partial charge in [-0.1, -0.05) is 230 Å². The van der Waals surface area contributed by atoms with E-state index < -0.39 is 10.8 Å². The fourth-order valence-corrected chi connectivity index (χ4v) is 11.8. The Morgan fingerprint density at radius 3 is 1.48 bits per heavy atom. The van der Waals surface area contributed by atoms with E-state index in [9.17, 15) is 0 Å². The van der Waals surface area contributed by atoms with Crippen LogP contribution in [0.5, 0.6) is 0 Å². The second-order valence-electron chi connectivity index (χ2n) is 17.6. The predicted molar refractivity (Wildman–Crippen MR) is 272 cm³/mol. The van der Waals surface area contributed by atoms with Crippen LogP contribution in [0.25, 0.3) is 22.3 Å². The molecule has 0 aliphatic carbocycles. The van der Waals surface area contributed by atoms with Gasteiger partial charge >= 0.3 is 0 Å². The molecular formula is C62H43BN2. The molecule has 0 aromatic heterocycles. The zero-order valence-electron chi connectivity index (χ0n) is 35.8. The maximum atomic E-state index is 4.08. The van der Waals surface area contributed by atoms with Gasteiger partial charge in [-0.05, 0) is 90.9 Å². The van der Waals surface area contributed by atoms with Crippen LogP contribution in [0.4, 0.5) is 28.4 Å². The van der Waals surface area contributed by atoms with E-state index in [4.69, 9.17) is 0 Å². The zero-order valence-corrected chi connectivity index (χ0v) is 35.8. The number of para-hydroxylation sites is 4. The molecule has 0 radical (unpaired) electrons. The van der Waals surface area contributed by atoms with Crippen molar-refractivity contribution in [2.75, 3.05) is 10.2 Å². The van der Waals surface area contributed by atoms with E-state index in [2.05, 4.69) is 259 Å². The normalized spacial score (nSPS) is 14.3. The molecule has 0 saturated carbocycles. The lowest BCUT2D eigenvalue weighted by Gasteiger charge is -2.49. The summed E-state index contributed by atoms with van der Waals surface area (Å²) >= 11 is 0. The van der Waals surface area contributed by atoms with E-state index in [0.717, 1.165) is 18.7 Å². The van der Waals surface area contributed by atoms with E-state index in [0.29, 0.717) is 0 Å². The third kappa shape index (κ3) is 5.36. The molecule has 0 bridgehead atoms. The Morgan fingerprint density at radius 1 is 0.354 bits per heavy atom. The molecule has 0 amide bonds. The van der Waals surface area contributed by atoms with Gasteiger partial charge in [0.25, 0.3) is 0 Å². The average Bonchev–Trinajstić information content (AvgIpc) is 3.39. The lowest BCUT2D eigenvalue weighted by Crippen LogP contribution is -2.47. The van der Waals surface area contributed by atoms with Crippen LogP contribution in [0.3, 0.4) is 0 Å². The van der Waals surface area contributed by atoms with Crippen molar-refractivity contribution in [2.24, 2.45) is 0 Å². The largest absolute Gasteiger partial charge is 0.354 e. The average molecular weight is 827 g/mol. The minimum Gasteiger partial charge on any atom is -0.354 e. The molecule has 0 unspecified atom stereocenters. The highest BCUT2D eigenvalue weighted by atomic mass is 15.2. The van der Waals surface area contributed by atoms with E-state index in [1.54, 1.807) is 0 Å². The Hall–Kier alpha value is -8.14. The van der Waals surface area contributed by atoms with Gasteiger partial charge in [-0.25, -0.2) is 0 Å². The van der Waals surface area contributed by atoms with E-state index >= 15 is 0 Å². The highest BCUT2D eigenvalue weighted by Gasteiger charge is 2.49. The topological polar surface area (TPSA) is 15.3 Å². The highest BCUT2D eigenvalue weighted by Crippen LogP contribution is 2.59. The monoisotopic (exact) mass is 826 g/mol. The molecule has 304 valence electrons. The van der Waals surface area contributed by atoms with Crippen molar-refractivity contribution in [1.82, 2.24) is 0 Å². The zero-order chi connectivity index (χ0) is 43.0. The van der Waals surface area contributed by atoms with Crippen LogP contribution in [0, 0.1) is 0 Å². The summed E-state index contributed by atoms with van der Waals surface area (Å²) in [5.74, 6) is 0. The summed E-state index contributed by atoms with van der Waals surface area (Å²) in [5.41, 5.74) is 22.3. The van der Waals surface area contributed by atoms with Crippen LogP contribution >= 0.6 is 0 Å². The molecule has 3 heterocycles. The van der Waals surface area contributed by atoms with Crippen LogP contribution < -0.4 is 21.1 Å². The fraction of sp³-hybridized carbons (Fsp3) is 0.0323. The first-order chi connectivity index (χ1) is 32.3. The number of nitrogens with zero attached hydrogens (tertiary/aromatic N) is 1. The molecule has 0 saturated heterocycles. The molecule has 65 heavy (non-hydrogen) atoms. The van der Waals surface area contributed by atoms with Gasteiger partial charge in [-0.3, -0.25) is 0 Å². The summed E-state index contributed by atoms with van der Waals surface area (Å²) < 4.78 is 0. The summed E-state index contributed by atoms with van der Waals surface area (Å²) in [6.07, 6.45) is 0. The van der Waals surface area contributed by atoms with Gasteiger partial charge < -0.3 is 10.2 Å². The minimum atomic E-state index is -0.571. The molecule has 10 aromatic carbocycles. The maximum absolute atomic E-state index is 4.08.